The van der Waals surface area contributed by atoms with Crippen molar-refractivity contribution >= 4 is 10.0 Å². The summed E-state index contributed by atoms with van der Waals surface area (Å²) in [5.41, 5.74) is 0.505. The molecule has 1 aromatic heterocycles. The topological polar surface area (TPSA) is 59.3 Å². The average molecular weight is 175 g/mol. The quantitative estimate of drug-likeness (QED) is 0.668. The maximum absolute atomic E-state index is 10.9. The molecule has 1 N–H and O–H groups in total. The highest BCUT2D eigenvalue weighted by Gasteiger charge is 2.08. The third-order valence-corrected chi connectivity index (χ3v) is 2.42. The first-order valence-electron chi connectivity index (χ1n) is 3.00. The van der Waals surface area contributed by atoms with Crippen LogP contribution in [0.25, 0.3) is 0 Å². The van der Waals surface area contributed by atoms with Crippen molar-refractivity contribution in [2.45, 2.75) is 6.92 Å². The minimum Gasteiger partial charge on any atom is -0.506 e. The molecular weight excluding hydrogens is 166 g/mol. The van der Waals surface area contributed by atoms with Crippen molar-refractivity contribution in [3.63, 3.8) is 0 Å². The van der Waals surface area contributed by atoms with Crippen molar-refractivity contribution < 1.29 is 13.5 Å². The number of rotatable bonds is 1. The van der Waals surface area contributed by atoms with Crippen LogP contribution in [-0.4, -0.2) is 23.8 Å². The molecule has 11 heavy (non-hydrogen) atoms. The first-order chi connectivity index (χ1) is 4.91. The SMILES string of the molecule is Cc1cc(O)cn1S(C)(=O)=O. The van der Waals surface area contributed by atoms with Gasteiger partial charge in [0.1, 0.15) is 5.75 Å². The van der Waals surface area contributed by atoms with Crippen LogP contribution >= 0.6 is 0 Å². The lowest BCUT2D eigenvalue weighted by atomic mass is 10.5. The first-order valence-corrected chi connectivity index (χ1v) is 4.84. The fourth-order valence-electron chi connectivity index (χ4n) is 0.894. The Balaban J connectivity index is 3.36. The van der Waals surface area contributed by atoms with E-state index in [4.69, 9.17) is 5.11 Å². The molecule has 0 saturated heterocycles. The van der Waals surface area contributed by atoms with Crippen LogP contribution in [0.4, 0.5) is 0 Å². The predicted octanol–water partition coefficient (Wildman–Crippen LogP) is 0.310. The van der Waals surface area contributed by atoms with E-state index in [0.717, 1.165) is 10.2 Å². The Morgan fingerprint density at radius 2 is 2.09 bits per heavy atom. The zero-order valence-electron chi connectivity index (χ0n) is 6.27. The summed E-state index contributed by atoms with van der Waals surface area (Å²) in [6.45, 7) is 1.61. The van der Waals surface area contributed by atoms with Crippen molar-refractivity contribution in [3.8, 4) is 5.75 Å². The molecule has 0 radical (unpaired) electrons. The van der Waals surface area contributed by atoms with Gasteiger partial charge in [0, 0.05) is 11.8 Å². The van der Waals surface area contributed by atoms with Crippen LogP contribution in [0.2, 0.25) is 0 Å². The molecule has 0 fully saturated rings. The maximum Gasteiger partial charge on any atom is 0.235 e. The summed E-state index contributed by atoms with van der Waals surface area (Å²) in [5, 5.41) is 8.91. The largest absolute Gasteiger partial charge is 0.506 e. The Bertz CT molecular complexity index is 363. The van der Waals surface area contributed by atoms with Gasteiger partial charge in [-0.15, -0.1) is 0 Å². The summed E-state index contributed by atoms with van der Waals surface area (Å²) < 4.78 is 22.9. The van der Waals surface area contributed by atoms with E-state index in [1.165, 1.54) is 12.3 Å². The summed E-state index contributed by atoms with van der Waals surface area (Å²) in [4.78, 5) is 0. The Morgan fingerprint density at radius 1 is 1.55 bits per heavy atom. The lowest BCUT2D eigenvalue weighted by Crippen LogP contribution is -2.09. The molecule has 1 rings (SSSR count). The van der Waals surface area contributed by atoms with Gasteiger partial charge in [0.05, 0.1) is 12.5 Å². The van der Waals surface area contributed by atoms with Gasteiger partial charge < -0.3 is 5.11 Å². The highest BCUT2D eigenvalue weighted by molar-refractivity contribution is 7.89. The summed E-state index contributed by atoms with van der Waals surface area (Å²) in [7, 11) is -3.26. The van der Waals surface area contributed by atoms with E-state index in [1.807, 2.05) is 0 Å². The number of aryl methyl sites for hydroxylation is 1. The Hall–Kier alpha value is -0.970. The summed E-state index contributed by atoms with van der Waals surface area (Å²) in [6.07, 6.45) is 2.25. The Labute approximate surface area is 65.1 Å². The molecule has 0 atom stereocenters. The van der Waals surface area contributed by atoms with Crippen molar-refractivity contribution in [2.24, 2.45) is 0 Å². The number of aromatic hydroxyl groups is 1. The molecule has 0 aliphatic rings. The van der Waals surface area contributed by atoms with Crippen LogP contribution < -0.4 is 0 Å². The fourth-order valence-corrected chi connectivity index (χ4v) is 1.77. The van der Waals surface area contributed by atoms with Gasteiger partial charge in [-0.25, -0.2) is 12.4 Å². The normalized spacial score (nSPS) is 11.8. The van der Waals surface area contributed by atoms with Crippen molar-refractivity contribution in [2.75, 3.05) is 6.26 Å². The van der Waals surface area contributed by atoms with Gasteiger partial charge >= 0.3 is 0 Å². The molecule has 0 aromatic carbocycles. The molecule has 4 nitrogen and oxygen atoms in total. The minimum absolute atomic E-state index is 0.0343. The van der Waals surface area contributed by atoms with Crippen LogP contribution in [0, 0.1) is 6.92 Å². The zero-order chi connectivity index (χ0) is 8.65. The summed E-state index contributed by atoms with van der Waals surface area (Å²) in [5.74, 6) is -0.0343. The monoisotopic (exact) mass is 175 g/mol. The van der Waals surface area contributed by atoms with E-state index >= 15 is 0 Å². The van der Waals surface area contributed by atoms with Gasteiger partial charge in [-0.05, 0) is 6.92 Å². The number of aromatic nitrogens is 1. The smallest absolute Gasteiger partial charge is 0.235 e. The van der Waals surface area contributed by atoms with Gasteiger partial charge in [-0.2, -0.15) is 0 Å². The van der Waals surface area contributed by atoms with Gasteiger partial charge in [0.2, 0.25) is 10.0 Å². The predicted molar refractivity (Wildman–Crippen MR) is 41.1 cm³/mol. The number of nitrogens with zero attached hydrogens (tertiary/aromatic N) is 1. The highest BCUT2D eigenvalue weighted by Crippen LogP contribution is 2.14. The zero-order valence-corrected chi connectivity index (χ0v) is 7.09. The van der Waals surface area contributed by atoms with Crippen molar-refractivity contribution in [3.05, 3.63) is 18.0 Å². The van der Waals surface area contributed by atoms with E-state index < -0.39 is 10.0 Å². The van der Waals surface area contributed by atoms with Crippen LogP contribution in [0.3, 0.4) is 0 Å². The summed E-state index contributed by atoms with van der Waals surface area (Å²) in [6, 6.07) is 1.39. The molecule has 0 saturated carbocycles. The van der Waals surface area contributed by atoms with Gasteiger partial charge in [-0.1, -0.05) is 0 Å². The van der Waals surface area contributed by atoms with Crippen LogP contribution in [0.15, 0.2) is 12.3 Å². The second kappa shape index (κ2) is 2.27. The van der Waals surface area contributed by atoms with Gasteiger partial charge in [0.15, 0.2) is 0 Å². The molecule has 0 spiro atoms. The molecule has 62 valence electrons. The molecular formula is C6H9NO3S. The van der Waals surface area contributed by atoms with Gasteiger partial charge in [0.25, 0.3) is 0 Å². The highest BCUT2D eigenvalue weighted by atomic mass is 32.2. The number of hydrogen-bond acceptors (Lipinski definition) is 3. The lowest BCUT2D eigenvalue weighted by Gasteiger charge is -1.99. The third kappa shape index (κ3) is 1.54. The minimum atomic E-state index is -3.26. The molecule has 1 heterocycles. The molecule has 0 unspecified atom stereocenters. The number of hydrogen-bond donors (Lipinski definition) is 1. The van der Waals surface area contributed by atoms with Crippen molar-refractivity contribution in [1.29, 1.82) is 0 Å². The van der Waals surface area contributed by atoms with E-state index in [-0.39, 0.29) is 5.75 Å². The molecule has 0 bridgehead atoms. The molecule has 0 aliphatic carbocycles. The fraction of sp³-hybridized carbons (Fsp3) is 0.333. The maximum atomic E-state index is 10.9. The van der Waals surface area contributed by atoms with E-state index in [2.05, 4.69) is 0 Å². The second-order valence-corrected chi connectivity index (χ2v) is 4.26. The molecule has 1 aromatic rings. The van der Waals surface area contributed by atoms with Crippen molar-refractivity contribution in [1.82, 2.24) is 3.97 Å². The Kier molecular flexibility index (Phi) is 1.67. The van der Waals surface area contributed by atoms with Crippen LogP contribution in [0.5, 0.6) is 5.75 Å². The van der Waals surface area contributed by atoms with E-state index in [0.29, 0.717) is 5.69 Å². The Morgan fingerprint density at radius 3 is 2.27 bits per heavy atom. The third-order valence-electron chi connectivity index (χ3n) is 1.31. The second-order valence-electron chi connectivity index (χ2n) is 2.40. The van der Waals surface area contributed by atoms with Crippen LogP contribution in [0.1, 0.15) is 5.69 Å². The lowest BCUT2D eigenvalue weighted by molar-refractivity contribution is 0.475. The summed E-state index contributed by atoms with van der Waals surface area (Å²) >= 11 is 0. The van der Waals surface area contributed by atoms with Crippen LogP contribution in [-0.2, 0) is 10.0 Å². The van der Waals surface area contributed by atoms with E-state index in [1.54, 1.807) is 6.92 Å². The molecule has 0 amide bonds. The molecule has 5 heteroatoms. The van der Waals surface area contributed by atoms with Gasteiger partial charge in [-0.3, -0.25) is 0 Å². The average Bonchev–Trinajstić information content (AvgIpc) is 2.08. The standard InChI is InChI=1S/C6H9NO3S/c1-5-3-6(8)4-7(5)11(2,9)10/h3-4,8H,1-2H3. The van der Waals surface area contributed by atoms with E-state index in [9.17, 15) is 8.42 Å². The molecule has 0 aliphatic heterocycles. The first kappa shape index (κ1) is 8.13.